The van der Waals surface area contributed by atoms with Gasteiger partial charge < -0.3 is 5.32 Å². The van der Waals surface area contributed by atoms with Crippen molar-refractivity contribution in [1.82, 2.24) is 15.3 Å². The number of hydrogen-bond donors (Lipinski definition) is 1. The fraction of sp³-hybridized carbons (Fsp3) is 0.0556. The minimum Gasteiger partial charge on any atom is -0.348 e. The number of amides is 1. The Morgan fingerprint density at radius 1 is 1.04 bits per heavy atom. The van der Waals surface area contributed by atoms with Crippen LogP contribution in [0, 0.1) is 11.6 Å². The number of pyridine rings is 2. The Labute approximate surface area is 137 Å². The molecule has 1 N–H and O–H groups in total. The molecule has 120 valence electrons. The van der Waals surface area contributed by atoms with Gasteiger partial charge in [0.2, 0.25) is 0 Å². The lowest BCUT2D eigenvalue weighted by Crippen LogP contribution is -2.25. The molecule has 2 aromatic heterocycles. The number of aromatic nitrogens is 2. The minimum atomic E-state index is -0.890. The van der Waals surface area contributed by atoms with Crippen LogP contribution in [0.5, 0.6) is 0 Å². The molecule has 6 heteroatoms. The van der Waals surface area contributed by atoms with Crippen molar-refractivity contribution in [3.05, 3.63) is 83.8 Å². The number of nitrogens with one attached hydrogen (secondary N) is 1. The molecule has 0 bridgehead atoms. The maximum atomic E-state index is 13.6. The van der Waals surface area contributed by atoms with E-state index in [2.05, 4.69) is 15.3 Å². The lowest BCUT2D eigenvalue weighted by molar-refractivity contribution is 0.0942. The van der Waals surface area contributed by atoms with E-state index in [1.165, 1.54) is 6.07 Å². The van der Waals surface area contributed by atoms with Gasteiger partial charge in [-0.05, 0) is 42.0 Å². The SMILES string of the molecule is O=C(NCc1ccnc(-c2cccnc2)c1)c1c(F)cccc1F. The highest BCUT2D eigenvalue weighted by Crippen LogP contribution is 2.16. The van der Waals surface area contributed by atoms with Gasteiger partial charge in [0.1, 0.15) is 17.2 Å². The first kappa shape index (κ1) is 15.7. The topological polar surface area (TPSA) is 54.9 Å². The molecule has 0 saturated carbocycles. The van der Waals surface area contributed by atoms with Crippen molar-refractivity contribution in [2.24, 2.45) is 0 Å². The van der Waals surface area contributed by atoms with Gasteiger partial charge in [-0.2, -0.15) is 0 Å². The summed E-state index contributed by atoms with van der Waals surface area (Å²) in [5.74, 6) is -2.58. The Kier molecular flexibility index (Phi) is 4.56. The van der Waals surface area contributed by atoms with Crippen LogP contribution in [-0.4, -0.2) is 15.9 Å². The summed E-state index contributed by atoms with van der Waals surface area (Å²) in [6.07, 6.45) is 4.95. The summed E-state index contributed by atoms with van der Waals surface area (Å²) in [7, 11) is 0. The van der Waals surface area contributed by atoms with Gasteiger partial charge in [0.15, 0.2) is 0 Å². The molecule has 3 rings (SSSR count). The van der Waals surface area contributed by atoms with Crippen LogP contribution in [0.2, 0.25) is 0 Å². The molecule has 24 heavy (non-hydrogen) atoms. The van der Waals surface area contributed by atoms with Crippen LogP contribution in [0.3, 0.4) is 0 Å². The standard InChI is InChI=1S/C18H13F2N3O/c19-14-4-1-5-15(20)17(14)18(24)23-10-12-6-8-22-16(9-12)13-3-2-7-21-11-13/h1-9,11H,10H2,(H,23,24). The zero-order valence-corrected chi connectivity index (χ0v) is 12.5. The highest BCUT2D eigenvalue weighted by atomic mass is 19.1. The van der Waals surface area contributed by atoms with E-state index in [4.69, 9.17) is 0 Å². The monoisotopic (exact) mass is 325 g/mol. The number of carbonyl (C=O) groups excluding carboxylic acids is 1. The maximum absolute atomic E-state index is 13.6. The molecule has 4 nitrogen and oxygen atoms in total. The molecule has 0 saturated heterocycles. The van der Waals surface area contributed by atoms with E-state index in [1.807, 2.05) is 6.07 Å². The smallest absolute Gasteiger partial charge is 0.257 e. The van der Waals surface area contributed by atoms with E-state index < -0.39 is 23.1 Å². The number of rotatable bonds is 4. The number of carbonyl (C=O) groups is 1. The van der Waals surface area contributed by atoms with Gasteiger partial charge in [-0.3, -0.25) is 14.8 Å². The highest BCUT2D eigenvalue weighted by molar-refractivity contribution is 5.94. The van der Waals surface area contributed by atoms with Crippen LogP contribution < -0.4 is 5.32 Å². The summed E-state index contributed by atoms with van der Waals surface area (Å²) < 4.78 is 27.2. The molecule has 0 fully saturated rings. The zero-order chi connectivity index (χ0) is 16.9. The molecule has 0 aliphatic carbocycles. The van der Waals surface area contributed by atoms with Crippen molar-refractivity contribution in [3.8, 4) is 11.3 Å². The molecule has 0 radical (unpaired) electrons. The summed E-state index contributed by atoms with van der Waals surface area (Å²) >= 11 is 0. The van der Waals surface area contributed by atoms with Crippen molar-refractivity contribution in [2.45, 2.75) is 6.54 Å². The summed E-state index contributed by atoms with van der Waals surface area (Å²) in [5, 5.41) is 2.51. The summed E-state index contributed by atoms with van der Waals surface area (Å²) in [6, 6.07) is 10.5. The predicted molar refractivity (Wildman–Crippen MR) is 85.0 cm³/mol. The third-order valence-electron chi connectivity index (χ3n) is 3.42. The van der Waals surface area contributed by atoms with Crippen molar-refractivity contribution >= 4 is 5.91 Å². The average Bonchev–Trinajstić information content (AvgIpc) is 2.61. The van der Waals surface area contributed by atoms with Crippen molar-refractivity contribution in [2.75, 3.05) is 0 Å². The Balaban J connectivity index is 1.75. The first-order chi connectivity index (χ1) is 11.6. The van der Waals surface area contributed by atoms with Crippen molar-refractivity contribution in [3.63, 3.8) is 0 Å². The summed E-state index contributed by atoms with van der Waals surface area (Å²) in [6.45, 7) is 0.127. The first-order valence-electron chi connectivity index (χ1n) is 7.22. The molecule has 0 unspecified atom stereocenters. The predicted octanol–water partition coefficient (Wildman–Crippen LogP) is 3.35. The van der Waals surface area contributed by atoms with Crippen LogP contribution in [0.15, 0.2) is 61.1 Å². The van der Waals surface area contributed by atoms with Crippen LogP contribution in [0.25, 0.3) is 11.3 Å². The van der Waals surface area contributed by atoms with Crippen LogP contribution in [-0.2, 0) is 6.54 Å². The third-order valence-corrected chi connectivity index (χ3v) is 3.42. The summed E-state index contributed by atoms with van der Waals surface area (Å²) in [5.41, 5.74) is 1.71. The number of hydrogen-bond acceptors (Lipinski definition) is 3. The second kappa shape index (κ2) is 6.95. The number of halogens is 2. The van der Waals surface area contributed by atoms with Gasteiger partial charge in [-0.15, -0.1) is 0 Å². The van der Waals surface area contributed by atoms with E-state index in [-0.39, 0.29) is 6.54 Å². The Bertz CT molecular complexity index is 849. The lowest BCUT2D eigenvalue weighted by Gasteiger charge is -2.08. The van der Waals surface area contributed by atoms with E-state index >= 15 is 0 Å². The van der Waals surface area contributed by atoms with E-state index in [9.17, 15) is 13.6 Å². The Hall–Kier alpha value is -3.15. The molecule has 1 amide bonds. The fourth-order valence-electron chi connectivity index (χ4n) is 2.24. The average molecular weight is 325 g/mol. The molecule has 0 atom stereocenters. The molecule has 3 aromatic rings. The Morgan fingerprint density at radius 2 is 1.83 bits per heavy atom. The van der Waals surface area contributed by atoms with Crippen molar-refractivity contribution < 1.29 is 13.6 Å². The second-order valence-corrected chi connectivity index (χ2v) is 5.07. The molecule has 2 heterocycles. The maximum Gasteiger partial charge on any atom is 0.257 e. The number of benzene rings is 1. The highest BCUT2D eigenvalue weighted by Gasteiger charge is 2.16. The third kappa shape index (κ3) is 3.43. The fourth-order valence-corrected chi connectivity index (χ4v) is 2.24. The zero-order valence-electron chi connectivity index (χ0n) is 12.5. The molecule has 0 aliphatic rings. The van der Waals surface area contributed by atoms with Gasteiger partial charge in [-0.1, -0.05) is 6.07 Å². The van der Waals surface area contributed by atoms with Crippen LogP contribution in [0.4, 0.5) is 8.78 Å². The van der Waals surface area contributed by atoms with E-state index in [1.54, 1.807) is 36.8 Å². The minimum absolute atomic E-state index is 0.127. The number of nitrogens with zero attached hydrogens (tertiary/aromatic N) is 2. The van der Waals surface area contributed by atoms with Crippen LogP contribution in [0.1, 0.15) is 15.9 Å². The van der Waals surface area contributed by atoms with Gasteiger partial charge in [-0.25, -0.2) is 8.78 Å². The van der Waals surface area contributed by atoms with Gasteiger partial charge in [0.25, 0.3) is 5.91 Å². The lowest BCUT2D eigenvalue weighted by atomic mass is 10.1. The van der Waals surface area contributed by atoms with Gasteiger partial charge >= 0.3 is 0 Å². The molecule has 0 aliphatic heterocycles. The molecule has 0 spiro atoms. The van der Waals surface area contributed by atoms with E-state index in [0.29, 0.717) is 5.69 Å². The Morgan fingerprint density at radius 3 is 2.54 bits per heavy atom. The van der Waals surface area contributed by atoms with Gasteiger partial charge in [0.05, 0.1) is 5.69 Å². The first-order valence-corrected chi connectivity index (χ1v) is 7.22. The molecule has 1 aromatic carbocycles. The molecular formula is C18H13F2N3O. The quantitative estimate of drug-likeness (QED) is 0.800. The summed E-state index contributed by atoms with van der Waals surface area (Å²) in [4.78, 5) is 20.3. The normalized spacial score (nSPS) is 10.4. The van der Waals surface area contributed by atoms with Gasteiger partial charge in [0, 0.05) is 30.7 Å². The molecular weight excluding hydrogens is 312 g/mol. The van der Waals surface area contributed by atoms with E-state index in [0.717, 1.165) is 23.3 Å². The largest absolute Gasteiger partial charge is 0.348 e. The van der Waals surface area contributed by atoms with Crippen LogP contribution >= 0.6 is 0 Å². The van der Waals surface area contributed by atoms with Crippen molar-refractivity contribution in [1.29, 1.82) is 0 Å². The second-order valence-electron chi connectivity index (χ2n) is 5.07.